The molecule has 7 nitrogen and oxygen atoms in total. The minimum atomic E-state index is 0.330. The fraction of sp³-hybridized carbons (Fsp3) is 0.480. The van der Waals surface area contributed by atoms with Gasteiger partial charge in [0.05, 0.1) is 16.7 Å². The molecule has 1 aliphatic rings. The quantitative estimate of drug-likeness (QED) is 0.499. The van der Waals surface area contributed by atoms with Crippen LogP contribution in [0.2, 0.25) is 0 Å². The maximum atomic E-state index is 5.24. The highest BCUT2D eigenvalue weighted by molar-refractivity contribution is 5.90. The second-order valence-electron chi connectivity index (χ2n) is 9.66. The lowest BCUT2D eigenvalue weighted by Crippen LogP contribution is -2.54. The molecule has 32 heavy (non-hydrogen) atoms. The van der Waals surface area contributed by atoms with E-state index in [0.717, 1.165) is 59.0 Å². The summed E-state index contributed by atoms with van der Waals surface area (Å²) >= 11 is 0. The number of aromatic amines is 1. The molecule has 0 aliphatic carbocycles. The second kappa shape index (κ2) is 7.89. The summed E-state index contributed by atoms with van der Waals surface area (Å²) in [6, 6.07) is 4.82. The van der Waals surface area contributed by atoms with Crippen molar-refractivity contribution in [3.8, 4) is 11.3 Å². The lowest BCUT2D eigenvalue weighted by Gasteiger charge is -2.39. The van der Waals surface area contributed by atoms with Gasteiger partial charge < -0.3 is 15.2 Å². The Morgan fingerprint density at radius 2 is 1.91 bits per heavy atom. The van der Waals surface area contributed by atoms with Crippen molar-refractivity contribution in [2.24, 2.45) is 5.92 Å². The van der Waals surface area contributed by atoms with E-state index in [2.05, 4.69) is 85.2 Å². The number of H-pyrrole nitrogens is 1. The van der Waals surface area contributed by atoms with Crippen LogP contribution < -0.4 is 10.2 Å². The summed E-state index contributed by atoms with van der Waals surface area (Å²) in [5, 5.41) is 7.94. The molecule has 1 aliphatic heterocycles. The summed E-state index contributed by atoms with van der Waals surface area (Å²) in [6.45, 7) is 16.4. The predicted octanol–water partition coefficient (Wildman–Crippen LogP) is 4.45. The summed E-state index contributed by atoms with van der Waals surface area (Å²) < 4.78 is 1.88. The Bertz CT molecular complexity index is 1280. The second-order valence-corrected chi connectivity index (χ2v) is 9.66. The van der Waals surface area contributed by atoms with Gasteiger partial charge in [0.15, 0.2) is 5.65 Å². The normalized spacial score (nSPS) is 17.4. The zero-order valence-corrected chi connectivity index (χ0v) is 19.9. The van der Waals surface area contributed by atoms with Crippen molar-refractivity contribution in [3.63, 3.8) is 0 Å². The highest BCUT2D eigenvalue weighted by atomic mass is 15.3. The summed E-state index contributed by atoms with van der Waals surface area (Å²) in [5.41, 5.74) is 9.00. The van der Waals surface area contributed by atoms with E-state index in [1.807, 2.05) is 4.52 Å². The van der Waals surface area contributed by atoms with Crippen LogP contribution in [-0.4, -0.2) is 50.2 Å². The summed E-state index contributed by atoms with van der Waals surface area (Å²) in [7, 11) is 0. The Hall–Kier alpha value is -2.93. The van der Waals surface area contributed by atoms with Crippen LogP contribution in [0.25, 0.3) is 27.9 Å². The summed E-state index contributed by atoms with van der Waals surface area (Å²) in [5.74, 6) is 1.97. The number of pyridine rings is 2. The number of nitrogens with one attached hydrogen (secondary N) is 2. The first-order valence-electron chi connectivity index (χ1n) is 11.7. The van der Waals surface area contributed by atoms with Gasteiger partial charge in [-0.15, -0.1) is 0 Å². The molecule has 1 saturated heterocycles. The fourth-order valence-electron chi connectivity index (χ4n) is 5.07. The Morgan fingerprint density at radius 3 is 2.66 bits per heavy atom. The van der Waals surface area contributed by atoms with Gasteiger partial charge in [-0.1, -0.05) is 27.7 Å². The topological polar surface area (TPSA) is 74.1 Å². The molecule has 5 heterocycles. The highest BCUT2D eigenvalue weighted by Gasteiger charge is 2.27. The molecular weight excluding hydrogens is 398 g/mol. The van der Waals surface area contributed by atoms with Crippen LogP contribution >= 0.6 is 0 Å². The van der Waals surface area contributed by atoms with Crippen LogP contribution in [0.15, 0.2) is 24.7 Å². The maximum absolute atomic E-state index is 5.24. The van der Waals surface area contributed by atoms with E-state index >= 15 is 0 Å². The number of nitrogens with zero attached hydrogens (tertiary/aromatic N) is 5. The minimum absolute atomic E-state index is 0.330. The standard InChI is InChI=1S/C25H33N7/c1-14(2)20-11-26-9-10-31(20)21-8-7-19-24(30-21)22(15(3)4)23(29-19)18-12-32-25(27-13-28-32)17(6)16(18)5/h7-8,12-15,20,26,29H,9-11H2,1-6H3/t20-/m1/s1. The van der Waals surface area contributed by atoms with Crippen LogP contribution in [0.5, 0.6) is 0 Å². The third kappa shape index (κ3) is 3.26. The Kier molecular flexibility index (Phi) is 5.16. The molecular formula is C25H33N7. The molecule has 1 fully saturated rings. The van der Waals surface area contributed by atoms with Gasteiger partial charge in [-0.25, -0.2) is 14.5 Å². The first kappa shape index (κ1) is 20.9. The van der Waals surface area contributed by atoms with Gasteiger partial charge in [0.1, 0.15) is 12.1 Å². The number of hydrogen-bond acceptors (Lipinski definition) is 5. The number of rotatable bonds is 4. The van der Waals surface area contributed by atoms with Crippen LogP contribution in [0.3, 0.4) is 0 Å². The van der Waals surface area contributed by atoms with Gasteiger partial charge >= 0.3 is 0 Å². The van der Waals surface area contributed by atoms with E-state index in [0.29, 0.717) is 17.9 Å². The lowest BCUT2D eigenvalue weighted by atomic mass is 9.95. The van der Waals surface area contributed by atoms with Crippen LogP contribution in [0.1, 0.15) is 50.3 Å². The average Bonchev–Trinajstić information content (AvgIpc) is 3.40. The van der Waals surface area contributed by atoms with E-state index < -0.39 is 0 Å². The Balaban J connectivity index is 1.69. The van der Waals surface area contributed by atoms with Crippen LogP contribution in [0, 0.1) is 19.8 Å². The Labute approximate surface area is 189 Å². The molecule has 0 amide bonds. The number of fused-ring (bicyclic) bond motifs is 2. The van der Waals surface area contributed by atoms with Gasteiger partial charge in [0, 0.05) is 43.0 Å². The molecule has 0 saturated carbocycles. The first-order valence-corrected chi connectivity index (χ1v) is 11.7. The maximum Gasteiger partial charge on any atom is 0.158 e. The van der Waals surface area contributed by atoms with E-state index in [-0.39, 0.29) is 0 Å². The summed E-state index contributed by atoms with van der Waals surface area (Å²) in [4.78, 5) is 15.8. The number of aryl methyl sites for hydroxylation is 1. The molecule has 0 spiro atoms. The zero-order valence-electron chi connectivity index (χ0n) is 19.9. The van der Waals surface area contributed by atoms with E-state index in [4.69, 9.17) is 4.98 Å². The van der Waals surface area contributed by atoms with Crippen molar-refractivity contribution >= 4 is 22.5 Å². The van der Waals surface area contributed by atoms with Crippen LogP contribution in [0.4, 0.5) is 5.82 Å². The molecule has 2 N–H and O–H groups in total. The van der Waals surface area contributed by atoms with Gasteiger partial charge in [0.25, 0.3) is 0 Å². The van der Waals surface area contributed by atoms with E-state index in [9.17, 15) is 0 Å². The van der Waals surface area contributed by atoms with Crippen molar-refractivity contribution in [1.29, 1.82) is 0 Å². The third-order valence-corrected chi connectivity index (χ3v) is 6.98. The van der Waals surface area contributed by atoms with Crippen LogP contribution in [-0.2, 0) is 0 Å². The molecule has 0 aromatic carbocycles. The molecule has 4 aromatic heterocycles. The largest absolute Gasteiger partial charge is 0.353 e. The van der Waals surface area contributed by atoms with E-state index in [1.54, 1.807) is 6.33 Å². The molecule has 7 heteroatoms. The Morgan fingerprint density at radius 1 is 1.09 bits per heavy atom. The van der Waals surface area contributed by atoms with Gasteiger partial charge in [-0.2, -0.15) is 5.10 Å². The van der Waals surface area contributed by atoms with Crippen molar-refractivity contribution < 1.29 is 0 Å². The van der Waals surface area contributed by atoms with Crippen molar-refractivity contribution in [2.45, 2.75) is 53.5 Å². The number of aromatic nitrogens is 5. The number of anilines is 1. The zero-order chi connectivity index (χ0) is 22.6. The summed E-state index contributed by atoms with van der Waals surface area (Å²) in [6.07, 6.45) is 3.71. The number of hydrogen-bond donors (Lipinski definition) is 2. The van der Waals surface area contributed by atoms with Gasteiger partial charge in [-0.3, -0.25) is 0 Å². The SMILES string of the molecule is Cc1c(-c2[nH]c3ccc(N4CCNC[C@@H]4C(C)C)nc3c2C(C)C)cn2ncnc2c1C. The monoisotopic (exact) mass is 431 g/mol. The van der Waals surface area contributed by atoms with Crippen molar-refractivity contribution in [2.75, 3.05) is 24.5 Å². The predicted molar refractivity (Wildman–Crippen MR) is 130 cm³/mol. The molecule has 1 atom stereocenters. The molecule has 0 bridgehead atoms. The average molecular weight is 432 g/mol. The van der Waals surface area contributed by atoms with Gasteiger partial charge in [-0.05, 0) is 48.9 Å². The number of piperazine rings is 1. The fourth-order valence-corrected chi connectivity index (χ4v) is 5.07. The molecule has 5 rings (SSSR count). The molecule has 4 aromatic rings. The smallest absolute Gasteiger partial charge is 0.158 e. The van der Waals surface area contributed by atoms with Crippen molar-refractivity contribution in [3.05, 3.63) is 41.3 Å². The molecule has 0 radical (unpaired) electrons. The van der Waals surface area contributed by atoms with E-state index in [1.165, 1.54) is 11.1 Å². The molecule has 0 unspecified atom stereocenters. The third-order valence-electron chi connectivity index (χ3n) is 6.98. The first-order chi connectivity index (χ1) is 15.4. The van der Waals surface area contributed by atoms with Gasteiger partial charge in [0.2, 0.25) is 0 Å². The minimum Gasteiger partial charge on any atom is -0.353 e. The van der Waals surface area contributed by atoms with Crippen molar-refractivity contribution in [1.82, 2.24) is 29.9 Å². The lowest BCUT2D eigenvalue weighted by molar-refractivity contribution is 0.388. The highest BCUT2D eigenvalue weighted by Crippen LogP contribution is 2.38. The molecule has 168 valence electrons.